The summed E-state index contributed by atoms with van der Waals surface area (Å²) in [5.41, 5.74) is 4.57. The maximum Gasteiger partial charge on any atom is 0.256 e. The molecule has 0 spiro atoms. The Balaban J connectivity index is 0.000000321. The number of hydrogen-bond donors (Lipinski definition) is 2. The second-order valence-electron chi connectivity index (χ2n) is 7.24. The third-order valence-electron chi connectivity index (χ3n) is 5.00. The Kier molecular flexibility index (Phi) is 10.3. The first-order chi connectivity index (χ1) is 16.0. The molecule has 1 aromatic carbocycles. The first-order valence-corrected chi connectivity index (χ1v) is 10.8. The van der Waals surface area contributed by atoms with Crippen molar-refractivity contribution in [2.45, 2.75) is 39.2 Å². The zero-order valence-electron chi connectivity index (χ0n) is 19.2. The maximum absolute atomic E-state index is 12.9. The number of methoxy groups -OCH3 is 1. The largest absolute Gasteiger partial charge is 0.494 e. The van der Waals surface area contributed by atoms with Crippen molar-refractivity contribution in [1.82, 2.24) is 9.88 Å². The lowest BCUT2D eigenvalue weighted by Gasteiger charge is -2.33. The number of nitrogens with one attached hydrogen (secondary N) is 2. The van der Waals surface area contributed by atoms with E-state index < -0.39 is 0 Å². The highest BCUT2D eigenvalue weighted by Gasteiger charge is 2.26. The van der Waals surface area contributed by atoms with Crippen LogP contribution in [0.1, 0.15) is 49.0 Å². The highest BCUT2D eigenvalue weighted by molar-refractivity contribution is 6.14. The Hall–Kier alpha value is -3.93. The number of piperidine rings is 1. The van der Waals surface area contributed by atoms with Crippen LogP contribution in [0.3, 0.4) is 0 Å². The highest BCUT2D eigenvalue weighted by Crippen LogP contribution is 2.27. The Bertz CT molecular complexity index is 1000. The molecule has 1 fully saturated rings. The SMILES string of the molecule is CCOc1ccc(C(=O)N2CCCC[C@H]2C)c(N/N=C\C=N)c1.COc1cc(C#N)ccn1. The lowest BCUT2D eigenvalue weighted by Crippen LogP contribution is -2.42. The number of nitriles is 1. The van der Waals surface area contributed by atoms with E-state index in [4.69, 9.17) is 20.1 Å². The fourth-order valence-corrected chi connectivity index (χ4v) is 3.35. The van der Waals surface area contributed by atoms with Crippen LogP contribution in [0.5, 0.6) is 11.6 Å². The van der Waals surface area contributed by atoms with E-state index in [0.29, 0.717) is 35.1 Å². The second-order valence-corrected chi connectivity index (χ2v) is 7.24. The van der Waals surface area contributed by atoms with Crippen molar-refractivity contribution in [2.75, 3.05) is 25.7 Å². The van der Waals surface area contributed by atoms with E-state index in [1.54, 1.807) is 30.3 Å². The fraction of sp³-hybridized carbons (Fsp3) is 0.375. The van der Waals surface area contributed by atoms with E-state index in [-0.39, 0.29) is 11.9 Å². The molecule has 1 saturated heterocycles. The monoisotopic (exact) mass is 450 g/mol. The number of nitrogens with zero attached hydrogens (tertiary/aromatic N) is 4. The molecule has 0 bridgehead atoms. The number of likely N-dealkylation sites (tertiary alicyclic amines) is 1. The minimum atomic E-state index is 0.00722. The smallest absolute Gasteiger partial charge is 0.256 e. The molecule has 1 atom stereocenters. The summed E-state index contributed by atoms with van der Waals surface area (Å²) in [4.78, 5) is 18.6. The molecular weight excluding hydrogens is 420 g/mol. The van der Waals surface area contributed by atoms with Crippen molar-refractivity contribution in [2.24, 2.45) is 5.10 Å². The summed E-state index contributed by atoms with van der Waals surface area (Å²) in [6, 6.07) is 10.8. The van der Waals surface area contributed by atoms with Crippen molar-refractivity contribution < 1.29 is 14.3 Å². The van der Waals surface area contributed by atoms with Gasteiger partial charge >= 0.3 is 0 Å². The van der Waals surface area contributed by atoms with Gasteiger partial charge in [0.05, 0.1) is 42.8 Å². The van der Waals surface area contributed by atoms with Crippen molar-refractivity contribution in [3.8, 4) is 17.7 Å². The van der Waals surface area contributed by atoms with E-state index in [1.807, 2.05) is 17.9 Å². The van der Waals surface area contributed by atoms with Crippen molar-refractivity contribution in [3.05, 3.63) is 47.7 Å². The molecule has 9 heteroatoms. The first kappa shape index (κ1) is 25.3. The molecule has 1 aromatic heterocycles. The Morgan fingerprint density at radius 2 is 2.21 bits per heavy atom. The molecule has 0 radical (unpaired) electrons. The molecule has 1 aliphatic heterocycles. The van der Waals surface area contributed by atoms with Crippen molar-refractivity contribution >= 4 is 24.0 Å². The normalized spacial score (nSPS) is 15.1. The van der Waals surface area contributed by atoms with Crippen LogP contribution in [0.4, 0.5) is 5.69 Å². The summed E-state index contributed by atoms with van der Waals surface area (Å²) >= 11 is 0. The number of ether oxygens (including phenoxy) is 2. The van der Waals surface area contributed by atoms with Crippen LogP contribution in [-0.2, 0) is 0 Å². The molecule has 3 rings (SSSR count). The summed E-state index contributed by atoms with van der Waals surface area (Å²) in [5.74, 6) is 1.16. The summed E-state index contributed by atoms with van der Waals surface area (Å²) in [6.45, 7) is 5.34. The van der Waals surface area contributed by atoms with Gasteiger partial charge in [-0.15, -0.1) is 0 Å². The topological polar surface area (TPSA) is 124 Å². The number of rotatable bonds is 7. The van der Waals surface area contributed by atoms with Gasteiger partial charge in [0.15, 0.2) is 0 Å². The third kappa shape index (κ3) is 7.61. The molecule has 2 N–H and O–H groups in total. The van der Waals surface area contributed by atoms with Crippen LogP contribution < -0.4 is 14.9 Å². The molecule has 9 nitrogen and oxygen atoms in total. The average Bonchev–Trinajstić information content (AvgIpc) is 2.85. The van der Waals surface area contributed by atoms with Gasteiger partial charge < -0.3 is 19.8 Å². The minimum absolute atomic E-state index is 0.00722. The molecule has 0 saturated carbocycles. The molecule has 33 heavy (non-hydrogen) atoms. The van der Waals surface area contributed by atoms with Gasteiger partial charge in [-0.2, -0.15) is 10.4 Å². The van der Waals surface area contributed by atoms with Crippen LogP contribution in [0.15, 0.2) is 41.6 Å². The fourth-order valence-electron chi connectivity index (χ4n) is 3.35. The predicted molar refractivity (Wildman–Crippen MR) is 128 cm³/mol. The molecule has 174 valence electrons. The van der Waals surface area contributed by atoms with Gasteiger partial charge in [-0.25, -0.2) is 4.98 Å². The van der Waals surface area contributed by atoms with Crippen LogP contribution in [-0.4, -0.2) is 54.5 Å². The van der Waals surface area contributed by atoms with Gasteiger partial charge in [0.2, 0.25) is 5.88 Å². The molecule has 0 aliphatic carbocycles. The number of carbonyl (C=O) groups excluding carboxylic acids is 1. The molecule has 1 amide bonds. The molecule has 2 heterocycles. The van der Waals surface area contributed by atoms with Crippen LogP contribution in [0.2, 0.25) is 0 Å². The summed E-state index contributed by atoms with van der Waals surface area (Å²) < 4.78 is 10.3. The lowest BCUT2D eigenvalue weighted by atomic mass is 10.0. The van der Waals surface area contributed by atoms with Gasteiger partial charge in [0.1, 0.15) is 5.75 Å². The predicted octanol–water partition coefficient (Wildman–Crippen LogP) is 4.11. The maximum atomic E-state index is 12.9. The Labute approximate surface area is 194 Å². The number of benzene rings is 1. The average molecular weight is 451 g/mol. The summed E-state index contributed by atoms with van der Waals surface area (Å²) in [6.07, 6.45) is 7.19. The molecule has 2 aromatic rings. The lowest BCUT2D eigenvalue weighted by molar-refractivity contribution is 0.0636. The molecule has 0 unspecified atom stereocenters. The highest BCUT2D eigenvalue weighted by atomic mass is 16.5. The van der Waals surface area contributed by atoms with Crippen LogP contribution in [0.25, 0.3) is 0 Å². The number of anilines is 1. The van der Waals surface area contributed by atoms with Crippen LogP contribution in [0, 0.1) is 16.7 Å². The number of amides is 1. The molecular formula is C24H30N6O3. The van der Waals surface area contributed by atoms with Gasteiger partial charge in [0, 0.05) is 37.1 Å². The number of carbonyl (C=O) groups is 1. The minimum Gasteiger partial charge on any atom is -0.494 e. The van der Waals surface area contributed by atoms with E-state index >= 15 is 0 Å². The third-order valence-corrected chi connectivity index (χ3v) is 5.00. The number of aromatic nitrogens is 1. The van der Waals surface area contributed by atoms with Gasteiger partial charge in [-0.3, -0.25) is 10.2 Å². The van der Waals surface area contributed by atoms with E-state index in [0.717, 1.165) is 25.6 Å². The number of hydrazone groups is 1. The van der Waals surface area contributed by atoms with Gasteiger partial charge in [-0.05, 0) is 51.3 Å². The second kappa shape index (κ2) is 13.5. The zero-order valence-corrected chi connectivity index (χ0v) is 19.2. The van der Waals surface area contributed by atoms with Crippen LogP contribution >= 0.6 is 0 Å². The van der Waals surface area contributed by atoms with E-state index in [1.165, 1.54) is 25.9 Å². The van der Waals surface area contributed by atoms with Crippen molar-refractivity contribution in [3.63, 3.8) is 0 Å². The Morgan fingerprint density at radius 3 is 2.88 bits per heavy atom. The zero-order chi connectivity index (χ0) is 24.1. The number of hydrogen-bond acceptors (Lipinski definition) is 8. The van der Waals surface area contributed by atoms with Gasteiger partial charge in [0.25, 0.3) is 5.91 Å². The summed E-state index contributed by atoms with van der Waals surface area (Å²) in [5, 5.41) is 19.3. The first-order valence-electron chi connectivity index (χ1n) is 10.8. The standard InChI is InChI=1S/C17H24N4O2.C7H6N2O/c1-3-23-14-7-8-15(16(12-14)20-19-10-9-18)17(22)21-11-5-4-6-13(21)2;1-10-7-4-6(5-8)2-3-9-7/h7-10,12-13,18,20H,3-6,11H2,1-2H3;2-4H,1H3/b18-9?,19-10-;/t13-;/m1./s1. The van der Waals surface area contributed by atoms with Crippen molar-refractivity contribution in [1.29, 1.82) is 10.7 Å². The quantitative estimate of drug-likeness (QED) is 0.483. The summed E-state index contributed by atoms with van der Waals surface area (Å²) in [7, 11) is 1.52. The van der Waals surface area contributed by atoms with Gasteiger partial charge in [-0.1, -0.05) is 0 Å². The van der Waals surface area contributed by atoms with E-state index in [9.17, 15) is 4.79 Å². The number of pyridine rings is 1. The van der Waals surface area contributed by atoms with E-state index in [2.05, 4.69) is 22.4 Å². The Morgan fingerprint density at radius 1 is 1.39 bits per heavy atom. The molecule has 1 aliphatic rings.